The lowest BCUT2D eigenvalue weighted by molar-refractivity contribution is -0.122. The highest BCUT2D eigenvalue weighted by Gasteiger charge is 2.41. The molecule has 0 atom stereocenters. The lowest BCUT2D eigenvalue weighted by Crippen LogP contribution is -2.58. The lowest BCUT2D eigenvalue weighted by Gasteiger charge is -2.37. The standard InChI is InChI=1S/C23H31N3O3S.ClH/c1-17-5-11-20(12-6-17)30(28,29)26-15-13-23(24,14-16-26)21(27)25-19-9-7-18(8-10-19)22(2,3)4;/h5-12H,13-16,24H2,1-4H3,(H,25,27);1H. The monoisotopic (exact) mass is 465 g/mol. The molecule has 1 aliphatic rings. The highest BCUT2D eigenvalue weighted by molar-refractivity contribution is 7.89. The van der Waals surface area contributed by atoms with Crippen molar-refractivity contribution in [1.82, 2.24) is 4.31 Å². The Labute approximate surface area is 191 Å². The number of nitrogens with one attached hydrogen (secondary N) is 1. The van der Waals surface area contributed by atoms with Crippen LogP contribution in [0.4, 0.5) is 5.69 Å². The molecule has 0 bridgehead atoms. The van der Waals surface area contributed by atoms with E-state index in [0.29, 0.717) is 5.69 Å². The molecule has 2 aromatic carbocycles. The lowest BCUT2D eigenvalue weighted by atomic mass is 9.87. The molecule has 0 unspecified atom stereocenters. The van der Waals surface area contributed by atoms with Crippen LogP contribution >= 0.6 is 12.4 Å². The molecule has 8 heteroatoms. The number of carbonyl (C=O) groups excluding carboxylic acids is 1. The number of hydrogen-bond acceptors (Lipinski definition) is 4. The van der Waals surface area contributed by atoms with Crippen molar-refractivity contribution in [3.8, 4) is 0 Å². The first-order chi connectivity index (χ1) is 13.9. The summed E-state index contributed by atoms with van der Waals surface area (Å²) in [5, 5.41) is 2.89. The van der Waals surface area contributed by atoms with Crippen LogP contribution in [0.25, 0.3) is 0 Å². The Morgan fingerprint density at radius 3 is 2.00 bits per heavy atom. The van der Waals surface area contributed by atoms with Crippen LogP contribution in [0.5, 0.6) is 0 Å². The second kappa shape index (κ2) is 9.28. The first-order valence-electron chi connectivity index (χ1n) is 10.2. The molecule has 2 aromatic rings. The Morgan fingerprint density at radius 1 is 1.00 bits per heavy atom. The number of amides is 1. The van der Waals surface area contributed by atoms with Crippen molar-refractivity contribution in [2.24, 2.45) is 5.73 Å². The number of nitrogens with two attached hydrogens (primary N) is 1. The van der Waals surface area contributed by atoms with Crippen LogP contribution in [-0.4, -0.2) is 37.3 Å². The number of nitrogens with zero attached hydrogens (tertiary/aromatic N) is 1. The van der Waals surface area contributed by atoms with E-state index in [1.165, 1.54) is 9.87 Å². The van der Waals surface area contributed by atoms with Gasteiger partial charge < -0.3 is 11.1 Å². The highest BCUT2D eigenvalue weighted by Crippen LogP contribution is 2.28. The van der Waals surface area contributed by atoms with Crippen molar-refractivity contribution >= 4 is 34.0 Å². The Hall–Kier alpha value is -1.93. The third-order valence-corrected chi connectivity index (χ3v) is 7.65. The van der Waals surface area contributed by atoms with Crippen molar-refractivity contribution < 1.29 is 13.2 Å². The Morgan fingerprint density at radius 2 is 1.52 bits per heavy atom. The summed E-state index contributed by atoms with van der Waals surface area (Å²) in [6.07, 6.45) is 0.536. The van der Waals surface area contributed by atoms with Gasteiger partial charge in [0.25, 0.3) is 0 Å². The summed E-state index contributed by atoms with van der Waals surface area (Å²) in [6, 6.07) is 14.5. The molecular weight excluding hydrogens is 434 g/mol. The number of sulfonamides is 1. The largest absolute Gasteiger partial charge is 0.324 e. The number of piperidine rings is 1. The average Bonchev–Trinajstić information content (AvgIpc) is 2.68. The average molecular weight is 466 g/mol. The van der Waals surface area contributed by atoms with Gasteiger partial charge in [0.15, 0.2) is 0 Å². The predicted octanol–water partition coefficient (Wildman–Crippen LogP) is 3.84. The second-order valence-corrected chi connectivity index (χ2v) is 11.1. The van der Waals surface area contributed by atoms with Gasteiger partial charge in [-0.2, -0.15) is 4.31 Å². The third kappa shape index (κ3) is 5.66. The fourth-order valence-electron chi connectivity index (χ4n) is 3.52. The summed E-state index contributed by atoms with van der Waals surface area (Å²) in [5.74, 6) is -0.279. The van der Waals surface area contributed by atoms with Gasteiger partial charge in [-0.3, -0.25) is 4.79 Å². The van der Waals surface area contributed by atoms with Crippen LogP contribution in [0.3, 0.4) is 0 Å². The Kier molecular flexibility index (Phi) is 7.59. The van der Waals surface area contributed by atoms with Gasteiger partial charge in [0.2, 0.25) is 15.9 Å². The maximum Gasteiger partial charge on any atom is 0.244 e. The molecular formula is C23H32ClN3O3S. The van der Waals surface area contributed by atoms with Crippen LogP contribution in [0, 0.1) is 6.92 Å². The minimum absolute atomic E-state index is 0. The van der Waals surface area contributed by atoms with E-state index in [-0.39, 0.29) is 54.6 Å². The van der Waals surface area contributed by atoms with Gasteiger partial charge in [-0.05, 0) is 55.0 Å². The van der Waals surface area contributed by atoms with Crippen molar-refractivity contribution in [1.29, 1.82) is 0 Å². The summed E-state index contributed by atoms with van der Waals surface area (Å²) in [4.78, 5) is 13.1. The zero-order chi connectivity index (χ0) is 22.2. The molecule has 0 aliphatic carbocycles. The number of aryl methyl sites for hydroxylation is 1. The molecule has 0 spiro atoms. The van der Waals surface area contributed by atoms with Gasteiger partial charge in [-0.1, -0.05) is 50.6 Å². The van der Waals surface area contributed by atoms with Crippen molar-refractivity contribution in [3.63, 3.8) is 0 Å². The van der Waals surface area contributed by atoms with Crippen LogP contribution in [0.1, 0.15) is 44.7 Å². The van der Waals surface area contributed by atoms with E-state index in [2.05, 4.69) is 26.1 Å². The molecule has 6 nitrogen and oxygen atoms in total. The van der Waals surface area contributed by atoms with Crippen LogP contribution < -0.4 is 11.1 Å². The summed E-state index contributed by atoms with van der Waals surface area (Å²) in [7, 11) is -3.59. The van der Waals surface area contributed by atoms with Crippen molar-refractivity contribution in [3.05, 3.63) is 59.7 Å². The molecule has 170 valence electrons. The SMILES string of the molecule is Cc1ccc(S(=O)(=O)N2CCC(N)(C(=O)Nc3ccc(C(C)(C)C)cc3)CC2)cc1.Cl. The zero-order valence-electron chi connectivity index (χ0n) is 18.5. The normalized spacial score (nSPS) is 16.9. The van der Waals surface area contributed by atoms with E-state index in [1.54, 1.807) is 24.3 Å². The Balaban J connectivity index is 0.00000341. The van der Waals surface area contributed by atoms with Gasteiger partial charge in [0.1, 0.15) is 0 Å². The van der Waals surface area contributed by atoms with E-state index in [0.717, 1.165) is 5.56 Å². The first kappa shape index (κ1) is 25.3. The van der Waals surface area contributed by atoms with Gasteiger partial charge in [0.05, 0.1) is 10.4 Å². The quantitative estimate of drug-likeness (QED) is 0.717. The third-order valence-electron chi connectivity index (χ3n) is 5.73. The number of benzene rings is 2. The summed E-state index contributed by atoms with van der Waals surface area (Å²) >= 11 is 0. The molecule has 0 aromatic heterocycles. The smallest absolute Gasteiger partial charge is 0.244 e. The van der Waals surface area contributed by atoms with Gasteiger partial charge in [0, 0.05) is 18.8 Å². The molecule has 1 fully saturated rings. The van der Waals surface area contributed by atoms with E-state index < -0.39 is 15.6 Å². The molecule has 1 heterocycles. The fourth-order valence-corrected chi connectivity index (χ4v) is 4.96. The highest BCUT2D eigenvalue weighted by atomic mass is 35.5. The van der Waals surface area contributed by atoms with E-state index in [9.17, 15) is 13.2 Å². The topological polar surface area (TPSA) is 92.5 Å². The van der Waals surface area contributed by atoms with Gasteiger partial charge >= 0.3 is 0 Å². The molecule has 0 saturated carbocycles. The summed E-state index contributed by atoms with van der Waals surface area (Å²) < 4.78 is 27.1. The maximum atomic E-state index is 12.9. The minimum Gasteiger partial charge on any atom is -0.324 e. The van der Waals surface area contributed by atoms with E-state index >= 15 is 0 Å². The number of halogens is 1. The summed E-state index contributed by atoms with van der Waals surface area (Å²) in [5.41, 5.74) is 8.19. The second-order valence-electron chi connectivity index (χ2n) is 9.15. The zero-order valence-corrected chi connectivity index (χ0v) is 20.1. The van der Waals surface area contributed by atoms with Crippen LogP contribution in [0.15, 0.2) is 53.4 Å². The minimum atomic E-state index is -3.59. The fraction of sp³-hybridized carbons (Fsp3) is 0.435. The van der Waals surface area contributed by atoms with Gasteiger partial charge in [-0.25, -0.2) is 8.42 Å². The molecule has 0 radical (unpaired) electrons. The van der Waals surface area contributed by atoms with E-state index in [4.69, 9.17) is 5.73 Å². The summed E-state index contributed by atoms with van der Waals surface area (Å²) in [6.45, 7) is 8.73. The molecule has 31 heavy (non-hydrogen) atoms. The molecule has 1 aliphatic heterocycles. The number of carbonyl (C=O) groups is 1. The van der Waals surface area contributed by atoms with Crippen LogP contribution in [-0.2, 0) is 20.2 Å². The number of rotatable bonds is 4. The molecule has 3 rings (SSSR count). The van der Waals surface area contributed by atoms with Gasteiger partial charge in [-0.15, -0.1) is 12.4 Å². The number of anilines is 1. The molecule has 1 saturated heterocycles. The predicted molar refractivity (Wildman–Crippen MR) is 127 cm³/mol. The van der Waals surface area contributed by atoms with E-state index in [1.807, 2.05) is 31.2 Å². The Bertz CT molecular complexity index is 1010. The number of hydrogen-bond donors (Lipinski definition) is 2. The first-order valence-corrected chi connectivity index (χ1v) is 11.6. The van der Waals surface area contributed by atoms with Crippen molar-refractivity contribution in [2.75, 3.05) is 18.4 Å². The maximum absolute atomic E-state index is 12.9. The molecule has 3 N–H and O–H groups in total. The van der Waals surface area contributed by atoms with Crippen molar-refractivity contribution in [2.45, 2.75) is 56.4 Å². The molecule has 1 amide bonds. The van der Waals surface area contributed by atoms with Crippen LogP contribution in [0.2, 0.25) is 0 Å².